The first-order valence-corrected chi connectivity index (χ1v) is 12.6. The normalized spacial score (nSPS) is 13.7. The van der Waals surface area contributed by atoms with Gasteiger partial charge >= 0.3 is 0 Å². The van der Waals surface area contributed by atoms with Gasteiger partial charge in [0.05, 0.1) is 45.1 Å². The fourth-order valence-corrected chi connectivity index (χ4v) is 5.66. The maximum atomic E-state index is 14.1. The van der Waals surface area contributed by atoms with E-state index in [1.54, 1.807) is 18.3 Å². The standard InChI is InChI=1S/C23H19ClF2N6OS2/c24-19-14(2-1-3-16(19)31-35-18-12-13(25)4-5-15(18)26)20-21(17-6-7-28-22(27)29-17)34-23(30-20)32-8-10-33-11-9-32/h1-7,12,31H,8-11H2,(H2,27,28,29). The highest BCUT2D eigenvalue weighted by atomic mass is 35.5. The largest absolute Gasteiger partial charge is 0.378 e. The lowest BCUT2D eigenvalue weighted by Gasteiger charge is -2.26. The van der Waals surface area contributed by atoms with Crippen LogP contribution in [-0.4, -0.2) is 41.3 Å². The number of nitrogens with zero attached hydrogens (tertiary/aromatic N) is 4. The van der Waals surface area contributed by atoms with Crippen LogP contribution in [0, 0.1) is 11.6 Å². The van der Waals surface area contributed by atoms with Crippen LogP contribution in [0.1, 0.15) is 0 Å². The van der Waals surface area contributed by atoms with Crippen molar-refractivity contribution < 1.29 is 13.5 Å². The molecule has 180 valence electrons. The third-order valence-electron chi connectivity index (χ3n) is 5.22. The van der Waals surface area contributed by atoms with Gasteiger partial charge in [0.25, 0.3) is 0 Å². The molecule has 1 aliphatic heterocycles. The Morgan fingerprint density at radius 3 is 2.74 bits per heavy atom. The molecule has 0 radical (unpaired) electrons. The Morgan fingerprint density at radius 2 is 1.94 bits per heavy atom. The second-order valence-electron chi connectivity index (χ2n) is 7.52. The fourth-order valence-electron chi connectivity index (χ4n) is 3.51. The number of halogens is 3. The van der Waals surface area contributed by atoms with Gasteiger partial charge in [-0.15, -0.1) is 0 Å². The summed E-state index contributed by atoms with van der Waals surface area (Å²) >= 11 is 9.22. The quantitative estimate of drug-likeness (QED) is 0.304. The third kappa shape index (κ3) is 5.18. The first-order valence-electron chi connectivity index (χ1n) is 10.6. The van der Waals surface area contributed by atoms with Gasteiger partial charge in [-0.25, -0.2) is 23.7 Å². The number of rotatable bonds is 6. The van der Waals surface area contributed by atoms with Crippen molar-refractivity contribution in [3.8, 4) is 21.8 Å². The highest BCUT2D eigenvalue weighted by molar-refractivity contribution is 8.00. The second kappa shape index (κ2) is 10.3. The van der Waals surface area contributed by atoms with Crippen LogP contribution in [0.15, 0.2) is 53.6 Å². The molecule has 3 N–H and O–H groups in total. The Hall–Kier alpha value is -2.99. The molecule has 0 saturated carbocycles. The Bertz CT molecular complexity index is 1370. The van der Waals surface area contributed by atoms with E-state index in [1.807, 2.05) is 12.1 Å². The molecule has 1 aliphatic rings. The van der Waals surface area contributed by atoms with Gasteiger partial charge in [-0.3, -0.25) is 0 Å². The fraction of sp³-hybridized carbons (Fsp3) is 0.174. The van der Waals surface area contributed by atoms with Crippen molar-refractivity contribution in [3.63, 3.8) is 0 Å². The summed E-state index contributed by atoms with van der Waals surface area (Å²) in [6.45, 7) is 2.70. The molecule has 0 unspecified atom stereocenters. The summed E-state index contributed by atoms with van der Waals surface area (Å²) in [5.74, 6) is -0.901. The van der Waals surface area contributed by atoms with Gasteiger partial charge in [0.15, 0.2) is 5.13 Å². The molecular weight excluding hydrogens is 514 g/mol. The number of thiazole rings is 1. The molecule has 0 bridgehead atoms. The lowest BCUT2D eigenvalue weighted by molar-refractivity contribution is 0.122. The van der Waals surface area contributed by atoms with E-state index in [9.17, 15) is 8.78 Å². The number of anilines is 3. The van der Waals surface area contributed by atoms with Gasteiger partial charge in [-0.05, 0) is 42.3 Å². The second-order valence-corrected chi connectivity index (χ2v) is 9.72. The summed E-state index contributed by atoms with van der Waals surface area (Å²) in [6, 6.07) is 10.5. The van der Waals surface area contributed by atoms with Crippen molar-refractivity contribution in [1.82, 2.24) is 15.0 Å². The number of nitrogen functional groups attached to an aromatic ring is 1. The first kappa shape index (κ1) is 23.7. The summed E-state index contributed by atoms with van der Waals surface area (Å²) < 4.78 is 36.1. The van der Waals surface area contributed by atoms with Gasteiger partial charge in [-0.1, -0.05) is 35.1 Å². The van der Waals surface area contributed by atoms with Crippen molar-refractivity contribution >= 4 is 51.7 Å². The van der Waals surface area contributed by atoms with E-state index in [1.165, 1.54) is 11.3 Å². The van der Waals surface area contributed by atoms with E-state index in [4.69, 9.17) is 27.1 Å². The maximum absolute atomic E-state index is 14.1. The zero-order chi connectivity index (χ0) is 24.4. The number of morpholine rings is 1. The number of nitrogens with one attached hydrogen (secondary N) is 1. The molecule has 12 heteroatoms. The molecule has 0 amide bonds. The average molecular weight is 533 g/mol. The Balaban J connectivity index is 1.53. The molecule has 0 aliphatic carbocycles. The van der Waals surface area contributed by atoms with Crippen LogP contribution in [0.5, 0.6) is 0 Å². The van der Waals surface area contributed by atoms with Gasteiger partial charge in [0.2, 0.25) is 5.95 Å². The monoisotopic (exact) mass is 532 g/mol. The maximum Gasteiger partial charge on any atom is 0.220 e. The molecule has 1 saturated heterocycles. The van der Waals surface area contributed by atoms with Gasteiger partial charge < -0.3 is 20.1 Å². The Kier molecular flexibility index (Phi) is 7.00. The zero-order valence-corrected chi connectivity index (χ0v) is 20.6. The van der Waals surface area contributed by atoms with E-state index in [0.29, 0.717) is 40.9 Å². The van der Waals surface area contributed by atoms with Crippen LogP contribution in [0.25, 0.3) is 21.8 Å². The van der Waals surface area contributed by atoms with Crippen molar-refractivity contribution in [2.45, 2.75) is 4.90 Å². The van der Waals surface area contributed by atoms with Crippen LogP contribution in [-0.2, 0) is 4.74 Å². The van der Waals surface area contributed by atoms with Crippen molar-refractivity contribution in [2.75, 3.05) is 41.7 Å². The summed E-state index contributed by atoms with van der Waals surface area (Å²) in [4.78, 5) is 16.4. The van der Waals surface area contributed by atoms with Crippen LogP contribution < -0.4 is 15.4 Å². The molecule has 5 rings (SSSR count). The highest BCUT2D eigenvalue weighted by Crippen LogP contribution is 2.44. The molecule has 35 heavy (non-hydrogen) atoms. The number of aromatic nitrogens is 3. The van der Waals surface area contributed by atoms with Crippen LogP contribution in [0.4, 0.5) is 25.5 Å². The van der Waals surface area contributed by atoms with E-state index < -0.39 is 11.6 Å². The average Bonchev–Trinajstić information content (AvgIpc) is 3.31. The molecular formula is C23H19ClF2N6OS2. The number of benzene rings is 2. The van der Waals surface area contributed by atoms with Crippen LogP contribution in [0.2, 0.25) is 5.02 Å². The first-order chi connectivity index (χ1) is 17.0. The molecule has 3 heterocycles. The lowest BCUT2D eigenvalue weighted by Crippen LogP contribution is -2.36. The SMILES string of the molecule is Nc1nccc(-c2sc(N3CCOCC3)nc2-c2cccc(NSc3cc(F)ccc3F)c2Cl)n1. The molecule has 2 aromatic heterocycles. The number of ether oxygens (including phenoxy) is 1. The molecule has 7 nitrogen and oxygen atoms in total. The molecule has 0 atom stereocenters. The summed E-state index contributed by atoms with van der Waals surface area (Å²) in [7, 11) is 0. The summed E-state index contributed by atoms with van der Waals surface area (Å²) in [5, 5.41) is 1.21. The Morgan fingerprint density at radius 1 is 1.11 bits per heavy atom. The minimum atomic E-state index is -0.533. The predicted molar refractivity (Wildman–Crippen MR) is 137 cm³/mol. The summed E-state index contributed by atoms with van der Waals surface area (Å²) in [6.07, 6.45) is 1.60. The van der Waals surface area contributed by atoms with Crippen LogP contribution >= 0.6 is 34.9 Å². The third-order valence-corrected chi connectivity index (χ3v) is 7.62. The summed E-state index contributed by atoms with van der Waals surface area (Å²) in [5.41, 5.74) is 8.32. The van der Waals surface area contributed by atoms with E-state index >= 15 is 0 Å². The van der Waals surface area contributed by atoms with E-state index in [2.05, 4.69) is 19.6 Å². The number of hydrogen-bond donors (Lipinski definition) is 2. The topological polar surface area (TPSA) is 89.2 Å². The van der Waals surface area contributed by atoms with Gasteiger partial charge in [-0.2, -0.15) is 0 Å². The van der Waals surface area contributed by atoms with Gasteiger partial charge in [0, 0.05) is 24.8 Å². The molecule has 4 aromatic rings. The predicted octanol–water partition coefficient (Wildman–Crippen LogP) is 5.74. The highest BCUT2D eigenvalue weighted by Gasteiger charge is 2.23. The van der Waals surface area contributed by atoms with E-state index in [-0.39, 0.29) is 10.8 Å². The zero-order valence-electron chi connectivity index (χ0n) is 18.2. The lowest BCUT2D eigenvalue weighted by atomic mass is 10.1. The van der Waals surface area contributed by atoms with Crippen molar-refractivity contribution in [3.05, 3.63) is 65.3 Å². The number of hydrogen-bond acceptors (Lipinski definition) is 9. The number of nitrogens with two attached hydrogens (primary N) is 1. The molecule has 0 spiro atoms. The van der Waals surface area contributed by atoms with Gasteiger partial charge in [0.1, 0.15) is 11.6 Å². The smallest absolute Gasteiger partial charge is 0.220 e. The Labute approximate surface area is 213 Å². The van der Waals surface area contributed by atoms with E-state index in [0.717, 1.165) is 53.2 Å². The van der Waals surface area contributed by atoms with Crippen molar-refractivity contribution in [2.24, 2.45) is 0 Å². The minimum absolute atomic E-state index is 0.117. The minimum Gasteiger partial charge on any atom is -0.378 e. The van der Waals surface area contributed by atoms with Crippen LogP contribution in [0.3, 0.4) is 0 Å². The van der Waals surface area contributed by atoms with Crippen molar-refractivity contribution in [1.29, 1.82) is 0 Å². The molecule has 2 aromatic carbocycles. The molecule has 1 fully saturated rings.